The standard InChI is InChI=1S/C56H102N3O17P/c1-3-5-7-9-11-13-15-17-19-21-23-25-27-34-54(69)73-44-49(76-55(70)35-28-26-24-22-20-18-16-14-12-10-8-6-4-2)45-75-77(71,72)74-39-31-33-48(60)32-29-30-36-56(59(42-52(65)66)43-53(67)68)46-57(40-50(61)62)37-38-58(47-56)41-51(63)64/h49H,3-47H2,1-2H3,(H,61,62)(H,63,64)(H,65,66)(H,67,68)(H,71,72)/t49-/m1/s1. The van der Waals surface area contributed by atoms with Gasteiger partial charge in [0.2, 0.25) is 0 Å². The Balaban J connectivity index is 2.72. The van der Waals surface area contributed by atoms with E-state index in [2.05, 4.69) is 13.8 Å². The average Bonchev–Trinajstić information content (AvgIpc) is 3.53. The lowest BCUT2D eigenvalue weighted by atomic mass is 9.88. The zero-order valence-electron chi connectivity index (χ0n) is 47.3. The van der Waals surface area contributed by atoms with Crippen LogP contribution in [-0.2, 0) is 56.6 Å². The number of phosphoric ester groups is 1. The van der Waals surface area contributed by atoms with Crippen molar-refractivity contribution in [2.45, 2.75) is 244 Å². The zero-order chi connectivity index (χ0) is 57.0. The van der Waals surface area contributed by atoms with Crippen LogP contribution in [0, 0.1) is 0 Å². The highest BCUT2D eigenvalue weighted by Gasteiger charge is 2.43. The van der Waals surface area contributed by atoms with Gasteiger partial charge in [0.1, 0.15) is 12.4 Å². The van der Waals surface area contributed by atoms with Crippen molar-refractivity contribution in [3.05, 3.63) is 0 Å². The zero-order valence-corrected chi connectivity index (χ0v) is 48.2. The van der Waals surface area contributed by atoms with Crippen molar-refractivity contribution in [2.75, 3.05) is 72.2 Å². The number of ether oxygens (including phenoxy) is 2. The molecule has 0 aromatic carbocycles. The van der Waals surface area contributed by atoms with Gasteiger partial charge >= 0.3 is 43.6 Å². The molecule has 0 aromatic rings. The predicted octanol–water partition coefficient (Wildman–Crippen LogP) is 10.4. The second-order valence-corrected chi connectivity index (χ2v) is 22.8. The average molecular weight is 1120 g/mol. The maximum atomic E-state index is 12.9. The Morgan fingerprint density at radius 2 is 0.883 bits per heavy atom. The smallest absolute Gasteiger partial charge is 0.472 e. The van der Waals surface area contributed by atoms with Gasteiger partial charge in [-0.15, -0.1) is 0 Å². The number of carbonyl (C=O) groups excluding carboxylic acids is 3. The lowest BCUT2D eigenvalue weighted by Crippen LogP contribution is -2.62. The summed E-state index contributed by atoms with van der Waals surface area (Å²) in [7, 11) is -4.72. The summed E-state index contributed by atoms with van der Waals surface area (Å²) in [6.45, 7) is 1.05. The van der Waals surface area contributed by atoms with Crippen LogP contribution in [0.25, 0.3) is 0 Å². The molecule has 1 aliphatic rings. The van der Waals surface area contributed by atoms with Crippen LogP contribution in [0.5, 0.6) is 0 Å². The van der Waals surface area contributed by atoms with Crippen LogP contribution in [-0.4, -0.2) is 165 Å². The number of rotatable bonds is 53. The van der Waals surface area contributed by atoms with E-state index < -0.39 is 88.1 Å². The molecule has 448 valence electrons. The molecule has 0 aliphatic carbocycles. The fourth-order valence-electron chi connectivity index (χ4n) is 9.97. The molecule has 0 amide bonds. The number of unbranched alkanes of at least 4 members (excludes halogenated alkanes) is 25. The van der Waals surface area contributed by atoms with Gasteiger partial charge in [-0.05, 0) is 32.1 Å². The highest BCUT2D eigenvalue weighted by molar-refractivity contribution is 7.47. The first-order chi connectivity index (χ1) is 36.9. The quantitative estimate of drug-likeness (QED) is 0.0215. The van der Waals surface area contributed by atoms with Crippen LogP contribution in [0.4, 0.5) is 0 Å². The molecule has 20 nitrogen and oxygen atoms in total. The number of aliphatic carboxylic acids is 4. The number of hydrogen-bond donors (Lipinski definition) is 5. The van der Waals surface area contributed by atoms with Gasteiger partial charge in [0, 0.05) is 57.4 Å². The summed E-state index contributed by atoms with van der Waals surface area (Å²) in [4.78, 5) is 101. The van der Waals surface area contributed by atoms with Crippen molar-refractivity contribution in [1.82, 2.24) is 14.7 Å². The third-order valence-electron chi connectivity index (χ3n) is 14.1. The molecular formula is C56H102N3O17P. The van der Waals surface area contributed by atoms with Crippen LogP contribution in [0.15, 0.2) is 0 Å². The maximum Gasteiger partial charge on any atom is 0.472 e. The summed E-state index contributed by atoms with van der Waals surface area (Å²) < 4.78 is 34.3. The number of Topliss-reactive ketones (excluding diaryl/α,β-unsaturated/α-hetero) is 1. The Kier molecular flexibility index (Phi) is 42.0. The molecule has 5 N–H and O–H groups in total. The first-order valence-corrected chi connectivity index (χ1v) is 30.9. The molecule has 1 heterocycles. The third kappa shape index (κ3) is 40.3. The molecule has 0 saturated carbocycles. The SMILES string of the molecule is CCCCCCCCCCCCCCCC(=O)OC[C@H](COP(=O)(O)OCCCC(=O)CCCCC1(N(CC(=O)O)CC(=O)O)CN(CC(=O)O)CCN(CC(=O)O)C1)OC(=O)CCCCCCCCCCCCCCC. The highest BCUT2D eigenvalue weighted by atomic mass is 31.2. The Morgan fingerprint density at radius 1 is 0.494 bits per heavy atom. The molecule has 77 heavy (non-hydrogen) atoms. The summed E-state index contributed by atoms with van der Waals surface area (Å²) in [6, 6.07) is 0. The largest absolute Gasteiger partial charge is 0.480 e. The van der Waals surface area contributed by atoms with Crippen molar-refractivity contribution in [1.29, 1.82) is 0 Å². The number of carboxylic acid groups (broad SMARTS) is 4. The fraction of sp³-hybridized carbons (Fsp3) is 0.875. The van der Waals surface area contributed by atoms with Crippen molar-refractivity contribution in [2.24, 2.45) is 0 Å². The summed E-state index contributed by atoms with van der Waals surface area (Å²) in [6.07, 6.45) is 30.1. The first-order valence-electron chi connectivity index (χ1n) is 29.5. The Labute approximate surface area is 460 Å². The molecule has 0 aromatic heterocycles. The van der Waals surface area contributed by atoms with Crippen molar-refractivity contribution >= 4 is 49.4 Å². The van der Waals surface area contributed by atoms with Crippen LogP contribution in [0.3, 0.4) is 0 Å². The third-order valence-corrected chi connectivity index (χ3v) is 15.1. The highest BCUT2D eigenvalue weighted by Crippen LogP contribution is 2.43. The number of carbonyl (C=O) groups is 7. The van der Waals surface area contributed by atoms with E-state index in [0.717, 1.165) is 38.5 Å². The van der Waals surface area contributed by atoms with Gasteiger partial charge in [0.25, 0.3) is 0 Å². The van der Waals surface area contributed by atoms with Gasteiger partial charge < -0.3 is 34.8 Å². The molecule has 2 atom stereocenters. The summed E-state index contributed by atoms with van der Waals surface area (Å²) in [5.74, 6) is -6.21. The molecule has 0 spiro atoms. The van der Waals surface area contributed by atoms with Gasteiger partial charge in [-0.25, -0.2) is 4.57 Å². The lowest BCUT2D eigenvalue weighted by Gasteiger charge is -2.45. The Morgan fingerprint density at radius 3 is 1.30 bits per heavy atom. The van der Waals surface area contributed by atoms with Gasteiger partial charge in [-0.1, -0.05) is 174 Å². The van der Waals surface area contributed by atoms with Gasteiger partial charge in [-0.3, -0.25) is 57.3 Å². The van der Waals surface area contributed by atoms with Crippen molar-refractivity contribution < 1.29 is 82.0 Å². The van der Waals surface area contributed by atoms with E-state index in [-0.39, 0.29) is 96.5 Å². The Bertz CT molecular complexity index is 1650. The van der Waals surface area contributed by atoms with E-state index in [0.29, 0.717) is 12.8 Å². The molecule has 1 fully saturated rings. The lowest BCUT2D eigenvalue weighted by molar-refractivity contribution is -0.161. The Hall–Kier alpha value is -3.52. The topological polar surface area (TPSA) is 284 Å². The molecule has 21 heteroatoms. The van der Waals surface area contributed by atoms with Gasteiger partial charge in [-0.2, -0.15) is 0 Å². The molecule has 0 radical (unpaired) electrons. The number of phosphoric acid groups is 1. The number of esters is 2. The van der Waals surface area contributed by atoms with Crippen LogP contribution < -0.4 is 0 Å². The summed E-state index contributed by atoms with van der Waals surface area (Å²) >= 11 is 0. The van der Waals surface area contributed by atoms with Crippen molar-refractivity contribution in [3.8, 4) is 0 Å². The fourth-order valence-corrected chi connectivity index (χ4v) is 10.8. The van der Waals surface area contributed by atoms with E-state index in [9.17, 15) is 63.4 Å². The van der Waals surface area contributed by atoms with E-state index in [1.54, 1.807) is 0 Å². The predicted molar refractivity (Wildman–Crippen MR) is 294 cm³/mol. The minimum absolute atomic E-state index is 0.0390. The second kappa shape index (κ2) is 45.2. The van der Waals surface area contributed by atoms with Crippen LogP contribution >= 0.6 is 7.82 Å². The number of carboxylic acids is 4. The maximum absolute atomic E-state index is 12.9. The second-order valence-electron chi connectivity index (χ2n) is 21.3. The number of nitrogens with zero attached hydrogens (tertiary/aromatic N) is 3. The number of hydrogen-bond acceptors (Lipinski definition) is 15. The minimum Gasteiger partial charge on any atom is -0.480 e. The first kappa shape index (κ1) is 71.5. The minimum atomic E-state index is -4.72. The molecule has 0 bridgehead atoms. The molecule has 1 aliphatic heterocycles. The summed E-state index contributed by atoms with van der Waals surface area (Å²) in [5, 5.41) is 38.6. The van der Waals surface area contributed by atoms with Crippen molar-refractivity contribution in [3.63, 3.8) is 0 Å². The van der Waals surface area contributed by atoms with Crippen LogP contribution in [0.2, 0.25) is 0 Å². The van der Waals surface area contributed by atoms with Crippen LogP contribution in [0.1, 0.15) is 232 Å². The monoisotopic (exact) mass is 1120 g/mol. The molecule has 1 unspecified atom stereocenters. The number of ketones is 1. The molecular weight excluding hydrogens is 1020 g/mol. The van der Waals surface area contributed by atoms with E-state index >= 15 is 0 Å². The van der Waals surface area contributed by atoms with E-state index in [4.69, 9.17) is 18.5 Å². The van der Waals surface area contributed by atoms with Gasteiger partial charge in [0.05, 0.1) is 39.4 Å². The van der Waals surface area contributed by atoms with Gasteiger partial charge in [0.15, 0.2) is 6.10 Å². The summed E-state index contributed by atoms with van der Waals surface area (Å²) in [5.41, 5.74) is -1.30. The van der Waals surface area contributed by atoms with E-state index in [1.165, 1.54) is 130 Å². The normalized spacial score (nSPS) is 15.2. The van der Waals surface area contributed by atoms with E-state index in [1.807, 2.05) is 0 Å². The molecule has 1 rings (SSSR count). The molecule has 1 saturated heterocycles.